The van der Waals surface area contributed by atoms with Crippen LogP contribution < -0.4 is 0 Å². The van der Waals surface area contributed by atoms with Crippen molar-refractivity contribution in [3.63, 3.8) is 0 Å². The van der Waals surface area contributed by atoms with Crippen molar-refractivity contribution in [2.75, 3.05) is 0 Å². The Morgan fingerprint density at radius 3 is 1.82 bits per heavy atom. The zero-order chi connectivity index (χ0) is 12.3. The molecule has 0 bridgehead atoms. The number of aryl methyl sites for hydroxylation is 2. The molecule has 2 aromatic carbocycles. The number of hydrogen-bond acceptors (Lipinski definition) is 2. The molecule has 0 heterocycles. The molecule has 0 unspecified atom stereocenters. The number of benzene rings is 2. The molecule has 3 nitrogen and oxygen atoms in total. The molecule has 3 heteroatoms. The first-order valence-corrected chi connectivity index (χ1v) is 5.47. The average molecular weight is 226 g/mol. The average Bonchev–Trinajstić information content (AvgIpc) is 2.33. The maximum atomic E-state index is 11.8. The molecule has 86 valence electrons. The van der Waals surface area contributed by atoms with Gasteiger partial charge in [-0.1, -0.05) is 40.3 Å². The molecule has 0 saturated carbocycles. The van der Waals surface area contributed by atoms with E-state index in [0.717, 1.165) is 11.1 Å². The van der Waals surface area contributed by atoms with Crippen LogP contribution in [0.4, 0.5) is 11.4 Å². The second kappa shape index (κ2) is 4.78. The van der Waals surface area contributed by atoms with Crippen LogP contribution in [0, 0.1) is 19.1 Å². The van der Waals surface area contributed by atoms with Crippen molar-refractivity contribution >= 4 is 11.4 Å². The van der Waals surface area contributed by atoms with E-state index in [1.807, 2.05) is 50.2 Å². The summed E-state index contributed by atoms with van der Waals surface area (Å²) in [5.74, 6) is 0. The highest BCUT2D eigenvalue weighted by Gasteiger charge is 2.02. The fourth-order valence-corrected chi connectivity index (χ4v) is 1.45. The van der Waals surface area contributed by atoms with Gasteiger partial charge in [0.2, 0.25) is 5.69 Å². The number of hydrogen-bond donors (Lipinski definition) is 0. The lowest BCUT2D eigenvalue weighted by molar-refractivity contribution is -0.435. The smallest absolute Gasteiger partial charge is 0.244 e. The fraction of sp³-hybridized carbons (Fsp3) is 0.143. The topological polar surface area (TPSA) is 38.4 Å². The molecule has 0 aliphatic carbocycles. The van der Waals surface area contributed by atoms with Crippen LogP contribution in [0.3, 0.4) is 0 Å². The van der Waals surface area contributed by atoms with Crippen molar-refractivity contribution in [2.24, 2.45) is 5.11 Å². The molecule has 0 radical (unpaired) electrons. The van der Waals surface area contributed by atoms with Gasteiger partial charge in [-0.2, -0.15) is 0 Å². The van der Waals surface area contributed by atoms with E-state index < -0.39 is 0 Å². The van der Waals surface area contributed by atoms with Gasteiger partial charge in [-0.25, -0.2) is 0 Å². The first-order chi connectivity index (χ1) is 8.15. The van der Waals surface area contributed by atoms with Gasteiger partial charge in [-0.3, -0.25) is 0 Å². The maximum absolute atomic E-state index is 11.8. The van der Waals surface area contributed by atoms with E-state index in [1.54, 1.807) is 12.1 Å². The van der Waals surface area contributed by atoms with E-state index in [1.165, 1.54) is 0 Å². The highest BCUT2D eigenvalue weighted by molar-refractivity contribution is 5.38. The summed E-state index contributed by atoms with van der Waals surface area (Å²) in [6, 6.07) is 14.8. The summed E-state index contributed by atoms with van der Waals surface area (Å²) in [5, 5.41) is 15.7. The molecule has 0 atom stereocenters. The Morgan fingerprint density at radius 2 is 1.29 bits per heavy atom. The second-order valence-electron chi connectivity index (χ2n) is 4.04. The molecule has 2 aromatic rings. The Morgan fingerprint density at radius 1 is 0.824 bits per heavy atom. The third-order valence-corrected chi connectivity index (χ3v) is 2.50. The molecule has 0 fully saturated rings. The molecule has 0 aliphatic rings. The minimum Gasteiger partial charge on any atom is -0.594 e. The molecule has 0 aromatic heterocycles. The zero-order valence-corrected chi connectivity index (χ0v) is 9.92. The largest absolute Gasteiger partial charge is 0.594 e. The van der Waals surface area contributed by atoms with Gasteiger partial charge in [0.1, 0.15) is 5.69 Å². The Labute approximate surface area is 101 Å². The molecular weight excluding hydrogens is 212 g/mol. The zero-order valence-electron chi connectivity index (χ0n) is 9.92. The predicted octanol–water partition coefficient (Wildman–Crippen LogP) is 4.23. The first kappa shape index (κ1) is 11.3. The molecule has 0 N–H and O–H groups in total. The summed E-state index contributed by atoms with van der Waals surface area (Å²) < 4.78 is 0. The van der Waals surface area contributed by atoms with Gasteiger partial charge < -0.3 is 5.21 Å². The van der Waals surface area contributed by atoms with Gasteiger partial charge in [0, 0.05) is 17.2 Å². The van der Waals surface area contributed by atoms with Crippen LogP contribution >= 0.6 is 0 Å². The number of nitrogens with zero attached hydrogens (tertiary/aromatic N) is 2. The van der Waals surface area contributed by atoms with Crippen molar-refractivity contribution in [3.8, 4) is 0 Å². The van der Waals surface area contributed by atoms with Crippen LogP contribution in [-0.4, -0.2) is 4.86 Å². The Kier molecular flexibility index (Phi) is 3.19. The van der Waals surface area contributed by atoms with Crippen molar-refractivity contribution < 1.29 is 4.86 Å². The molecule has 0 saturated heterocycles. The third-order valence-electron chi connectivity index (χ3n) is 2.50. The van der Waals surface area contributed by atoms with Gasteiger partial charge in [-0.15, -0.1) is 0 Å². The Bertz CT molecular complexity index is 527. The van der Waals surface area contributed by atoms with Gasteiger partial charge >= 0.3 is 0 Å². The number of rotatable bonds is 2. The molecule has 17 heavy (non-hydrogen) atoms. The van der Waals surface area contributed by atoms with Gasteiger partial charge in [-0.05, 0) is 26.0 Å². The Balaban J connectivity index is 2.27. The van der Waals surface area contributed by atoms with Gasteiger partial charge in [0.05, 0.1) is 0 Å². The lowest BCUT2D eigenvalue weighted by Gasteiger charge is -2.00. The van der Waals surface area contributed by atoms with Crippen LogP contribution in [-0.2, 0) is 0 Å². The summed E-state index contributed by atoms with van der Waals surface area (Å²) in [7, 11) is 0. The second-order valence-corrected chi connectivity index (χ2v) is 4.04. The lowest BCUT2D eigenvalue weighted by Crippen LogP contribution is -1.90. The van der Waals surface area contributed by atoms with Gasteiger partial charge in [0.25, 0.3) is 0 Å². The van der Waals surface area contributed by atoms with E-state index in [0.29, 0.717) is 16.2 Å². The molecule has 2 rings (SSSR count). The third kappa shape index (κ3) is 2.91. The Hall–Kier alpha value is -2.16. The highest BCUT2D eigenvalue weighted by atomic mass is 16.5. The van der Waals surface area contributed by atoms with E-state index in [-0.39, 0.29) is 0 Å². The molecule has 0 amide bonds. The van der Waals surface area contributed by atoms with Crippen LogP contribution in [0.25, 0.3) is 0 Å². The standard InChI is InChI=1S/C14H14N2O/c1-11-3-7-13(8-4-11)15-16(17)14-9-5-12(2)6-10-14/h3-10H,1-2H3. The predicted molar refractivity (Wildman–Crippen MR) is 67.7 cm³/mol. The summed E-state index contributed by atoms with van der Waals surface area (Å²) in [5.41, 5.74) is 3.47. The van der Waals surface area contributed by atoms with Crippen molar-refractivity contribution in [1.82, 2.24) is 0 Å². The normalized spacial score (nSPS) is 11.5. The van der Waals surface area contributed by atoms with E-state index >= 15 is 0 Å². The maximum Gasteiger partial charge on any atom is 0.244 e. The fourth-order valence-electron chi connectivity index (χ4n) is 1.45. The van der Waals surface area contributed by atoms with E-state index in [2.05, 4.69) is 5.11 Å². The van der Waals surface area contributed by atoms with E-state index in [4.69, 9.17) is 0 Å². The summed E-state index contributed by atoms with van der Waals surface area (Å²) >= 11 is 0. The summed E-state index contributed by atoms with van der Waals surface area (Å²) in [6.07, 6.45) is 0. The molecule has 0 spiro atoms. The van der Waals surface area contributed by atoms with Crippen LogP contribution in [0.15, 0.2) is 53.6 Å². The minimum atomic E-state index is 0.538. The molecule has 0 aliphatic heterocycles. The van der Waals surface area contributed by atoms with Crippen LogP contribution in [0.5, 0.6) is 0 Å². The SMILES string of the molecule is Cc1ccc(N=[N+]([O-])c2ccc(C)cc2)cc1. The first-order valence-electron chi connectivity index (χ1n) is 5.47. The number of azo groups is 1. The summed E-state index contributed by atoms with van der Waals surface area (Å²) in [6.45, 7) is 3.98. The van der Waals surface area contributed by atoms with Crippen molar-refractivity contribution in [2.45, 2.75) is 13.8 Å². The van der Waals surface area contributed by atoms with E-state index in [9.17, 15) is 5.21 Å². The molecular formula is C14H14N2O. The lowest BCUT2D eigenvalue weighted by atomic mass is 10.2. The van der Waals surface area contributed by atoms with Crippen molar-refractivity contribution in [3.05, 3.63) is 64.9 Å². The highest BCUT2D eigenvalue weighted by Crippen LogP contribution is 2.18. The van der Waals surface area contributed by atoms with Gasteiger partial charge in [0.15, 0.2) is 0 Å². The minimum absolute atomic E-state index is 0.538. The monoisotopic (exact) mass is 226 g/mol. The van der Waals surface area contributed by atoms with Crippen molar-refractivity contribution in [1.29, 1.82) is 0 Å². The quantitative estimate of drug-likeness (QED) is 0.429. The van der Waals surface area contributed by atoms with Crippen LogP contribution in [0.1, 0.15) is 11.1 Å². The van der Waals surface area contributed by atoms with Crippen LogP contribution in [0.2, 0.25) is 0 Å². The summed E-state index contributed by atoms with van der Waals surface area (Å²) in [4.78, 5) is 0.643.